The highest BCUT2D eigenvalue weighted by Gasteiger charge is 2.05. The molecule has 0 amide bonds. The van der Waals surface area contributed by atoms with Crippen molar-refractivity contribution in [1.29, 1.82) is 10.5 Å². The van der Waals surface area contributed by atoms with E-state index < -0.39 is 0 Å². The van der Waals surface area contributed by atoms with Crippen molar-refractivity contribution in [2.75, 3.05) is 5.32 Å². The summed E-state index contributed by atoms with van der Waals surface area (Å²) >= 11 is 0. The number of aromatic nitrogens is 1. The molecule has 0 saturated carbocycles. The number of benzene rings is 1. The van der Waals surface area contributed by atoms with Crippen LogP contribution in [0.15, 0.2) is 30.3 Å². The van der Waals surface area contributed by atoms with Gasteiger partial charge in [0, 0.05) is 22.6 Å². The number of rotatable bonds is 3. The van der Waals surface area contributed by atoms with Crippen molar-refractivity contribution in [3.63, 3.8) is 0 Å². The van der Waals surface area contributed by atoms with Gasteiger partial charge in [-0.3, -0.25) is 5.32 Å². The Balaban J connectivity index is 2.33. The average molecular weight is 236 g/mol. The lowest BCUT2D eigenvalue weighted by molar-refractivity contribution is 1.16. The van der Waals surface area contributed by atoms with Gasteiger partial charge in [-0.2, -0.15) is 10.5 Å². The molecule has 4 heteroatoms. The SMILES string of the molecule is Cc1cc(NC#N)ccc1-c1ccc(CC#N)[nH]1. The molecular weight excluding hydrogens is 224 g/mol. The molecule has 0 saturated heterocycles. The van der Waals surface area contributed by atoms with Gasteiger partial charge in [-0.15, -0.1) is 0 Å². The summed E-state index contributed by atoms with van der Waals surface area (Å²) in [5, 5.41) is 19.8. The second-order valence-corrected chi connectivity index (χ2v) is 4.00. The number of aromatic amines is 1. The zero-order valence-electron chi connectivity index (χ0n) is 9.99. The Hall–Kier alpha value is -2.72. The highest BCUT2D eigenvalue weighted by molar-refractivity contribution is 5.68. The fourth-order valence-corrected chi connectivity index (χ4v) is 1.89. The smallest absolute Gasteiger partial charge is 0.181 e. The maximum atomic E-state index is 8.64. The highest BCUT2D eigenvalue weighted by Crippen LogP contribution is 2.25. The molecule has 0 fully saturated rings. The molecule has 18 heavy (non-hydrogen) atoms. The van der Waals surface area contributed by atoms with Crippen LogP contribution in [0.1, 0.15) is 11.3 Å². The first-order valence-electron chi connectivity index (χ1n) is 5.55. The third-order valence-electron chi connectivity index (χ3n) is 2.73. The lowest BCUT2D eigenvalue weighted by atomic mass is 10.1. The van der Waals surface area contributed by atoms with Gasteiger partial charge in [0.25, 0.3) is 0 Å². The summed E-state index contributed by atoms with van der Waals surface area (Å²) in [5.74, 6) is 0. The Morgan fingerprint density at radius 2 is 2.06 bits per heavy atom. The van der Waals surface area contributed by atoms with E-state index in [4.69, 9.17) is 10.5 Å². The monoisotopic (exact) mass is 236 g/mol. The van der Waals surface area contributed by atoms with Crippen LogP contribution in [0.5, 0.6) is 0 Å². The van der Waals surface area contributed by atoms with Gasteiger partial charge >= 0.3 is 0 Å². The van der Waals surface area contributed by atoms with Gasteiger partial charge < -0.3 is 4.98 Å². The van der Waals surface area contributed by atoms with Crippen molar-refractivity contribution in [2.24, 2.45) is 0 Å². The third-order valence-corrected chi connectivity index (χ3v) is 2.73. The lowest BCUT2D eigenvalue weighted by Crippen LogP contribution is -1.90. The molecule has 0 unspecified atom stereocenters. The summed E-state index contributed by atoms with van der Waals surface area (Å²) < 4.78 is 0. The van der Waals surface area contributed by atoms with Crippen LogP contribution in [0.4, 0.5) is 5.69 Å². The number of nitriles is 2. The van der Waals surface area contributed by atoms with Crippen LogP contribution in [0.3, 0.4) is 0 Å². The summed E-state index contributed by atoms with van der Waals surface area (Å²) in [6.45, 7) is 1.99. The molecule has 2 aromatic rings. The van der Waals surface area contributed by atoms with Crippen molar-refractivity contribution in [2.45, 2.75) is 13.3 Å². The number of hydrogen-bond acceptors (Lipinski definition) is 3. The van der Waals surface area contributed by atoms with Crippen LogP contribution < -0.4 is 5.32 Å². The Morgan fingerprint density at radius 3 is 2.72 bits per heavy atom. The number of hydrogen-bond donors (Lipinski definition) is 2. The molecule has 2 N–H and O–H groups in total. The fraction of sp³-hybridized carbons (Fsp3) is 0.143. The molecule has 1 heterocycles. The molecule has 0 spiro atoms. The fourth-order valence-electron chi connectivity index (χ4n) is 1.89. The van der Waals surface area contributed by atoms with E-state index >= 15 is 0 Å². The summed E-state index contributed by atoms with van der Waals surface area (Å²) in [6, 6.07) is 11.7. The second-order valence-electron chi connectivity index (χ2n) is 4.00. The highest BCUT2D eigenvalue weighted by atomic mass is 14.9. The number of nitrogens with zero attached hydrogens (tertiary/aromatic N) is 2. The van der Waals surface area contributed by atoms with Crippen LogP contribution in [-0.2, 0) is 6.42 Å². The molecule has 2 rings (SSSR count). The minimum Gasteiger partial charge on any atom is -0.358 e. The van der Waals surface area contributed by atoms with Crippen molar-refractivity contribution in [3.05, 3.63) is 41.6 Å². The third kappa shape index (κ3) is 2.34. The summed E-state index contributed by atoms with van der Waals surface area (Å²) in [7, 11) is 0. The van der Waals surface area contributed by atoms with Gasteiger partial charge in [0.2, 0.25) is 0 Å². The quantitative estimate of drug-likeness (QED) is 0.635. The number of aryl methyl sites for hydroxylation is 1. The number of nitrogens with one attached hydrogen (secondary N) is 2. The molecule has 0 aliphatic heterocycles. The summed E-state index contributed by atoms with van der Waals surface area (Å²) in [6.07, 6.45) is 2.28. The van der Waals surface area contributed by atoms with Crippen molar-refractivity contribution < 1.29 is 0 Å². The van der Waals surface area contributed by atoms with Crippen LogP contribution in [-0.4, -0.2) is 4.98 Å². The van der Waals surface area contributed by atoms with Crippen LogP contribution in [0.25, 0.3) is 11.3 Å². The van der Waals surface area contributed by atoms with Crippen molar-refractivity contribution >= 4 is 5.69 Å². The second kappa shape index (κ2) is 5.07. The molecule has 1 aromatic carbocycles. The Morgan fingerprint density at radius 1 is 1.22 bits per heavy atom. The summed E-state index contributed by atoms with van der Waals surface area (Å²) in [4.78, 5) is 3.21. The predicted octanol–water partition coefficient (Wildman–Crippen LogP) is 2.95. The van der Waals surface area contributed by atoms with Crippen molar-refractivity contribution in [3.8, 4) is 23.5 Å². The van der Waals surface area contributed by atoms with Gasteiger partial charge in [-0.05, 0) is 36.8 Å². The van der Waals surface area contributed by atoms with Gasteiger partial charge in [0.05, 0.1) is 12.5 Å². The number of anilines is 1. The minimum absolute atomic E-state index is 0.382. The molecule has 1 aromatic heterocycles. The normalized spacial score (nSPS) is 9.50. The first-order valence-corrected chi connectivity index (χ1v) is 5.55. The average Bonchev–Trinajstić information content (AvgIpc) is 2.78. The zero-order chi connectivity index (χ0) is 13.0. The molecule has 0 atom stereocenters. The van der Waals surface area contributed by atoms with Crippen LogP contribution in [0.2, 0.25) is 0 Å². The van der Waals surface area contributed by atoms with E-state index in [1.807, 2.05) is 43.4 Å². The maximum Gasteiger partial charge on any atom is 0.181 e. The van der Waals surface area contributed by atoms with Gasteiger partial charge in [-0.25, -0.2) is 0 Å². The Kier molecular flexibility index (Phi) is 3.31. The molecule has 0 aliphatic rings. The van der Waals surface area contributed by atoms with Crippen LogP contribution in [0, 0.1) is 29.7 Å². The molecule has 0 aliphatic carbocycles. The van der Waals surface area contributed by atoms with E-state index in [9.17, 15) is 0 Å². The molecule has 4 nitrogen and oxygen atoms in total. The first kappa shape index (κ1) is 11.8. The molecule has 0 radical (unpaired) electrons. The Bertz CT molecular complexity index is 641. The zero-order valence-corrected chi connectivity index (χ0v) is 9.99. The first-order chi connectivity index (χ1) is 8.74. The van der Waals surface area contributed by atoms with E-state index in [2.05, 4.69) is 16.4 Å². The van der Waals surface area contributed by atoms with Gasteiger partial charge in [0.15, 0.2) is 6.19 Å². The minimum atomic E-state index is 0.382. The van der Waals surface area contributed by atoms with Crippen molar-refractivity contribution in [1.82, 2.24) is 4.98 Å². The maximum absolute atomic E-state index is 8.64. The Labute approximate surface area is 105 Å². The van der Waals surface area contributed by atoms with E-state index in [1.54, 1.807) is 0 Å². The predicted molar refractivity (Wildman–Crippen MR) is 69.5 cm³/mol. The van der Waals surface area contributed by atoms with E-state index in [0.29, 0.717) is 6.42 Å². The van der Waals surface area contributed by atoms with Gasteiger partial charge in [0.1, 0.15) is 0 Å². The van der Waals surface area contributed by atoms with E-state index in [-0.39, 0.29) is 0 Å². The summed E-state index contributed by atoms with van der Waals surface area (Å²) in [5.41, 5.74) is 4.82. The lowest BCUT2D eigenvalue weighted by Gasteiger charge is -2.06. The van der Waals surface area contributed by atoms with E-state index in [1.165, 1.54) is 0 Å². The molecule has 0 bridgehead atoms. The largest absolute Gasteiger partial charge is 0.358 e. The topological polar surface area (TPSA) is 75.4 Å². The van der Waals surface area contributed by atoms with E-state index in [0.717, 1.165) is 28.2 Å². The molecular formula is C14H12N4. The van der Waals surface area contributed by atoms with Crippen LogP contribution >= 0.6 is 0 Å². The molecule has 88 valence electrons. The van der Waals surface area contributed by atoms with Gasteiger partial charge in [-0.1, -0.05) is 6.07 Å². The standard InChI is InChI=1S/C14H12N4/c1-10-8-12(17-9-16)2-4-13(10)14-5-3-11(18-14)6-7-15/h2-5,8,17-18H,6H2,1H3. The number of H-pyrrole nitrogens is 1.